The zero-order valence-electron chi connectivity index (χ0n) is 14.4. The molecule has 0 saturated carbocycles. The zero-order chi connectivity index (χ0) is 18.9. The number of anilines is 1. The topological polar surface area (TPSA) is 62.0 Å². The van der Waals surface area contributed by atoms with Crippen molar-refractivity contribution in [2.75, 3.05) is 18.1 Å². The number of aryl methyl sites for hydroxylation is 1. The van der Waals surface area contributed by atoms with Crippen LogP contribution in [0.3, 0.4) is 0 Å². The summed E-state index contributed by atoms with van der Waals surface area (Å²) < 4.78 is 44.3. The van der Waals surface area contributed by atoms with Gasteiger partial charge in [0.25, 0.3) is 0 Å². The van der Waals surface area contributed by atoms with Gasteiger partial charge in [0.2, 0.25) is 5.88 Å². The van der Waals surface area contributed by atoms with Gasteiger partial charge in [-0.15, -0.1) is 0 Å². The van der Waals surface area contributed by atoms with Crippen molar-refractivity contribution in [1.82, 2.24) is 9.97 Å². The maximum atomic E-state index is 13.0. The van der Waals surface area contributed by atoms with Gasteiger partial charge in [-0.2, -0.15) is 23.4 Å². The van der Waals surface area contributed by atoms with Gasteiger partial charge in [0.15, 0.2) is 0 Å². The first-order valence-electron chi connectivity index (χ1n) is 8.18. The fourth-order valence-corrected chi connectivity index (χ4v) is 3.00. The lowest BCUT2D eigenvalue weighted by atomic mass is 10.0. The number of nitrogens with zero attached hydrogens (tertiary/aromatic N) is 4. The highest BCUT2D eigenvalue weighted by molar-refractivity contribution is 5.55. The summed E-state index contributed by atoms with van der Waals surface area (Å²) in [6.07, 6.45) is -3.01. The lowest BCUT2D eigenvalue weighted by molar-refractivity contribution is -0.137. The van der Waals surface area contributed by atoms with Gasteiger partial charge < -0.3 is 9.64 Å². The second-order valence-electron chi connectivity index (χ2n) is 6.03. The molecule has 1 aliphatic rings. The smallest absolute Gasteiger partial charge is 0.417 e. The molecule has 1 aliphatic heterocycles. The molecule has 0 N–H and O–H groups in total. The molecule has 0 amide bonds. The van der Waals surface area contributed by atoms with Crippen molar-refractivity contribution in [1.29, 1.82) is 5.26 Å². The second-order valence-corrected chi connectivity index (χ2v) is 6.03. The van der Waals surface area contributed by atoms with Crippen LogP contribution < -0.4 is 9.64 Å². The van der Waals surface area contributed by atoms with Crippen LogP contribution in [0, 0.1) is 18.3 Å². The maximum absolute atomic E-state index is 13.0. The number of hydrogen-bond acceptors (Lipinski definition) is 5. The maximum Gasteiger partial charge on any atom is 0.417 e. The van der Waals surface area contributed by atoms with E-state index in [2.05, 4.69) is 16.0 Å². The largest absolute Gasteiger partial charge is 0.477 e. The first-order chi connectivity index (χ1) is 12.3. The summed E-state index contributed by atoms with van der Waals surface area (Å²) in [7, 11) is 0. The van der Waals surface area contributed by atoms with Crippen LogP contribution in [0.25, 0.3) is 0 Å². The van der Waals surface area contributed by atoms with Crippen molar-refractivity contribution >= 4 is 5.82 Å². The summed E-state index contributed by atoms with van der Waals surface area (Å²) in [5.41, 5.74) is 1.57. The number of ether oxygens (including phenoxy) is 1. The second kappa shape index (κ2) is 6.83. The van der Waals surface area contributed by atoms with E-state index in [1.807, 2.05) is 11.8 Å². The van der Waals surface area contributed by atoms with E-state index >= 15 is 0 Å². The highest BCUT2D eigenvalue weighted by Crippen LogP contribution is 2.33. The summed E-state index contributed by atoms with van der Waals surface area (Å²) in [5, 5.41) is 9.21. The van der Waals surface area contributed by atoms with Crippen LogP contribution in [-0.2, 0) is 19.1 Å². The normalized spacial score (nSPS) is 13.9. The van der Waals surface area contributed by atoms with Gasteiger partial charge in [0.1, 0.15) is 17.5 Å². The van der Waals surface area contributed by atoms with Crippen molar-refractivity contribution in [2.45, 2.75) is 33.0 Å². The predicted molar refractivity (Wildman–Crippen MR) is 88.9 cm³/mol. The highest BCUT2D eigenvalue weighted by atomic mass is 19.4. The van der Waals surface area contributed by atoms with Gasteiger partial charge in [-0.05, 0) is 37.1 Å². The van der Waals surface area contributed by atoms with E-state index in [1.54, 1.807) is 13.0 Å². The zero-order valence-corrected chi connectivity index (χ0v) is 14.4. The molecular formula is C18H17F3N4O. The molecule has 0 radical (unpaired) electrons. The summed E-state index contributed by atoms with van der Waals surface area (Å²) >= 11 is 0. The number of aromatic nitrogens is 2. The minimum Gasteiger partial charge on any atom is -0.477 e. The molecule has 3 rings (SSSR count). The fraction of sp³-hybridized carbons (Fsp3) is 0.389. The Morgan fingerprint density at radius 3 is 2.77 bits per heavy atom. The van der Waals surface area contributed by atoms with Gasteiger partial charge in [0.05, 0.1) is 12.2 Å². The third-order valence-corrected chi connectivity index (χ3v) is 4.22. The van der Waals surface area contributed by atoms with Crippen LogP contribution in [0.4, 0.5) is 19.0 Å². The van der Waals surface area contributed by atoms with Gasteiger partial charge in [-0.3, -0.25) is 4.98 Å². The molecular weight excluding hydrogens is 345 g/mol. The molecule has 26 heavy (non-hydrogen) atoms. The van der Waals surface area contributed by atoms with E-state index in [0.29, 0.717) is 42.2 Å². The summed E-state index contributed by atoms with van der Waals surface area (Å²) in [6, 6.07) is 4.89. The molecule has 3 heterocycles. The van der Waals surface area contributed by atoms with Crippen LogP contribution in [0.15, 0.2) is 18.3 Å². The Hall–Kier alpha value is -2.82. The minimum absolute atomic E-state index is 0.239. The Labute approximate surface area is 149 Å². The average Bonchev–Trinajstić information content (AvgIpc) is 2.61. The summed E-state index contributed by atoms with van der Waals surface area (Å²) in [6.45, 7) is 4.84. The van der Waals surface area contributed by atoms with Gasteiger partial charge in [0, 0.05) is 31.4 Å². The monoisotopic (exact) mass is 362 g/mol. The molecule has 0 aliphatic carbocycles. The minimum atomic E-state index is -4.42. The quantitative estimate of drug-likeness (QED) is 0.834. The lowest BCUT2D eigenvalue weighted by Crippen LogP contribution is -2.32. The fourth-order valence-electron chi connectivity index (χ4n) is 3.00. The molecule has 2 aromatic heterocycles. The van der Waals surface area contributed by atoms with E-state index in [0.717, 1.165) is 17.8 Å². The van der Waals surface area contributed by atoms with Crippen molar-refractivity contribution in [2.24, 2.45) is 0 Å². The van der Waals surface area contributed by atoms with E-state index in [-0.39, 0.29) is 12.4 Å². The van der Waals surface area contributed by atoms with Crippen LogP contribution in [0.5, 0.6) is 5.88 Å². The van der Waals surface area contributed by atoms with Crippen LogP contribution in [-0.4, -0.2) is 23.1 Å². The molecule has 0 aromatic carbocycles. The summed E-state index contributed by atoms with van der Waals surface area (Å²) in [5.74, 6) is 0.846. The molecule has 0 saturated heterocycles. The van der Waals surface area contributed by atoms with Crippen molar-refractivity contribution in [3.8, 4) is 11.9 Å². The standard InChI is InChI=1S/C18H17F3N4O/c1-3-26-17-12(8-22)6-11(2)16(24-17)25-5-4-15-13(10-25)7-14(9-23-15)18(19,20)21/h6-7,9H,3-5,10H2,1-2H3. The lowest BCUT2D eigenvalue weighted by Gasteiger charge is -2.31. The molecule has 5 nitrogen and oxygen atoms in total. The Morgan fingerprint density at radius 2 is 2.12 bits per heavy atom. The van der Waals surface area contributed by atoms with Gasteiger partial charge >= 0.3 is 6.18 Å². The molecule has 136 valence electrons. The number of nitriles is 1. The van der Waals surface area contributed by atoms with Gasteiger partial charge in [-0.1, -0.05) is 0 Å². The molecule has 0 unspecified atom stereocenters. The molecule has 0 spiro atoms. The first-order valence-corrected chi connectivity index (χ1v) is 8.18. The molecule has 8 heteroatoms. The van der Waals surface area contributed by atoms with Crippen LogP contribution in [0.1, 0.15) is 34.9 Å². The Bertz CT molecular complexity index is 874. The number of fused-ring (bicyclic) bond motifs is 1. The van der Waals surface area contributed by atoms with E-state index in [1.165, 1.54) is 0 Å². The average molecular weight is 362 g/mol. The number of alkyl halides is 3. The van der Waals surface area contributed by atoms with Crippen molar-refractivity contribution in [3.63, 3.8) is 0 Å². The third-order valence-electron chi connectivity index (χ3n) is 4.22. The Balaban J connectivity index is 1.96. The number of hydrogen-bond donors (Lipinski definition) is 0. The SMILES string of the molecule is CCOc1nc(N2CCc3ncc(C(F)(F)F)cc3C2)c(C)cc1C#N. The van der Waals surface area contributed by atoms with E-state index in [9.17, 15) is 18.4 Å². The highest BCUT2D eigenvalue weighted by Gasteiger charge is 2.32. The van der Waals surface area contributed by atoms with Crippen LogP contribution >= 0.6 is 0 Å². The molecule has 0 atom stereocenters. The number of pyridine rings is 2. The van der Waals surface area contributed by atoms with Crippen molar-refractivity contribution < 1.29 is 17.9 Å². The van der Waals surface area contributed by atoms with Crippen molar-refractivity contribution in [3.05, 3.63) is 46.3 Å². The number of halogens is 3. The Kier molecular flexibility index (Phi) is 4.72. The summed E-state index contributed by atoms with van der Waals surface area (Å²) in [4.78, 5) is 10.3. The first kappa shape index (κ1) is 18.0. The predicted octanol–water partition coefficient (Wildman–Crippen LogP) is 3.64. The van der Waals surface area contributed by atoms with E-state index in [4.69, 9.17) is 4.74 Å². The molecule has 0 bridgehead atoms. The number of rotatable bonds is 3. The third kappa shape index (κ3) is 3.43. The molecule has 0 fully saturated rings. The Morgan fingerprint density at radius 1 is 1.35 bits per heavy atom. The van der Waals surface area contributed by atoms with E-state index < -0.39 is 11.7 Å². The molecule has 2 aromatic rings. The van der Waals surface area contributed by atoms with Gasteiger partial charge in [-0.25, -0.2) is 0 Å². The van der Waals surface area contributed by atoms with Crippen LogP contribution in [0.2, 0.25) is 0 Å².